The van der Waals surface area contributed by atoms with E-state index in [-0.39, 0.29) is 17.9 Å². The summed E-state index contributed by atoms with van der Waals surface area (Å²) in [5, 5.41) is 1.01. The standard InChI is InChI=1S/C21H24N6O3S/c28-20(16-3-1-15(2-4-16)11-25-31(29)30)27-10-9-26(12-21(13-27)6-7-21)19-17-5-8-22-18(17)23-14-24-19/h1-5,8,14,25H,6-7,9-13H2,(H,29,30)(H,22,23,24). The van der Waals surface area contributed by atoms with E-state index in [0.717, 1.165) is 54.9 Å². The van der Waals surface area contributed by atoms with Crippen LogP contribution in [0.5, 0.6) is 0 Å². The molecule has 1 spiro atoms. The van der Waals surface area contributed by atoms with Crippen LogP contribution in [0.3, 0.4) is 0 Å². The maximum Gasteiger partial charge on any atom is 0.253 e. The van der Waals surface area contributed by atoms with Gasteiger partial charge in [-0.1, -0.05) is 12.1 Å². The molecule has 2 aromatic heterocycles. The van der Waals surface area contributed by atoms with Gasteiger partial charge in [0, 0.05) is 49.9 Å². The highest BCUT2D eigenvalue weighted by Gasteiger charge is 2.48. The molecular formula is C21H24N6O3S. The van der Waals surface area contributed by atoms with Gasteiger partial charge in [-0.2, -0.15) is 0 Å². The molecule has 31 heavy (non-hydrogen) atoms. The molecule has 2 fully saturated rings. The molecule has 1 saturated heterocycles. The maximum atomic E-state index is 13.2. The van der Waals surface area contributed by atoms with Crippen LogP contribution < -0.4 is 9.62 Å². The van der Waals surface area contributed by atoms with E-state index in [1.807, 2.05) is 29.3 Å². The number of hydrogen-bond acceptors (Lipinski definition) is 5. The Morgan fingerprint density at radius 2 is 1.97 bits per heavy atom. The van der Waals surface area contributed by atoms with Crippen molar-refractivity contribution in [3.63, 3.8) is 0 Å². The predicted octanol–water partition coefficient (Wildman–Crippen LogP) is 1.93. The van der Waals surface area contributed by atoms with Crippen molar-refractivity contribution in [2.75, 3.05) is 31.1 Å². The van der Waals surface area contributed by atoms with Crippen molar-refractivity contribution in [1.82, 2.24) is 24.6 Å². The summed E-state index contributed by atoms with van der Waals surface area (Å²) >= 11 is -2.05. The Hall–Kier alpha value is -2.82. The minimum absolute atomic E-state index is 0.0212. The lowest BCUT2D eigenvalue weighted by atomic mass is 10.1. The zero-order valence-corrected chi connectivity index (χ0v) is 17.8. The van der Waals surface area contributed by atoms with Gasteiger partial charge >= 0.3 is 0 Å². The molecule has 162 valence electrons. The second-order valence-electron chi connectivity index (χ2n) is 8.35. The third kappa shape index (κ3) is 4.18. The quantitative estimate of drug-likeness (QED) is 0.523. The van der Waals surface area contributed by atoms with E-state index in [9.17, 15) is 9.00 Å². The third-order valence-corrected chi connectivity index (χ3v) is 6.56. The Labute approximate surface area is 182 Å². The number of carbonyl (C=O) groups is 1. The molecule has 2 aliphatic rings. The minimum Gasteiger partial charge on any atom is -0.354 e. The molecule has 1 aliphatic carbocycles. The number of rotatable bonds is 5. The summed E-state index contributed by atoms with van der Waals surface area (Å²) in [5.41, 5.74) is 2.42. The Balaban J connectivity index is 1.33. The van der Waals surface area contributed by atoms with Crippen molar-refractivity contribution in [1.29, 1.82) is 0 Å². The van der Waals surface area contributed by atoms with Crippen LogP contribution >= 0.6 is 0 Å². The second-order valence-corrected chi connectivity index (χ2v) is 9.14. The molecule has 0 radical (unpaired) electrons. The third-order valence-electron chi connectivity index (χ3n) is 6.17. The summed E-state index contributed by atoms with van der Waals surface area (Å²) in [5.74, 6) is 0.942. The first kappa shape index (κ1) is 20.1. The lowest BCUT2D eigenvalue weighted by molar-refractivity contribution is 0.0741. The van der Waals surface area contributed by atoms with E-state index in [1.165, 1.54) is 0 Å². The summed E-state index contributed by atoms with van der Waals surface area (Å²) < 4.78 is 22.1. The van der Waals surface area contributed by atoms with E-state index >= 15 is 0 Å². The molecule has 1 aliphatic heterocycles. The summed E-state index contributed by atoms with van der Waals surface area (Å²) in [6.45, 7) is 3.25. The largest absolute Gasteiger partial charge is 0.354 e. The van der Waals surface area contributed by atoms with E-state index < -0.39 is 11.3 Å². The first-order chi connectivity index (χ1) is 15.0. The van der Waals surface area contributed by atoms with Crippen molar-refractivity contribution in [2.24, 2.45) is 5.41 Å². The van der Waals surface area contributed by atoms with Crippen LogP contribution in [0.1, 0.15) is 28.8 Å². The van der Waals surface area contributed by atoms with Crippen LogP contribution in [0.4, 0.5) is 5.82 Å². The van der Waals surface area contributed by atoms with Crippen molar-refractivity contribution >= 4 is 34.0 Å². The molecule has 1 amide bonds. The van der Waals surface area contributed by atoms with E-state index in [0.29, 0.717) is 12.1 Å². The van der Waals surface area contributed by atoms with Gasteiger partial charge < -0.3 is 14.8 Å². The number of aromatic nitrogens is 3. The number of hydrogen-bond donors (Lipinski definition) is 3. The first-order valence-electron chi connectivity index (χ1n) is 10.3. The first-order valence-corrected chi connectivity index (χ1v) is 11.4. The Kier molecular flexibility index (Phi) is 5.20. The number of nitrogens with one attached hydrogen (secondary N) is 2. The van der Waals surface area contributed by atoms with Crippen LogP contribution in [0, 0.1) is 5.41 Å². The van der Waals surface area contributed by atoms with Gasteiger partial charge in [-0.3, -0.25) is 9.35 Å². The van der Waals surface area contributed by atoms with Gasteiger partial charge in [-0.25, -0.2) is 18.9 Å². The zero-order chi connectivity index (χ0) is 21.4. The maximum absolute atomic E-state index is 13.2. The van der Waals surface area contributed by atoms with Crippen molar-refractivity contribution in [2.45, 2.75) is 19.4 Å². The Morgan fingerprint density at radius 3 is 2.71 bits per heavy atom. The van der Waals surface area contributed by atoms with E-state index in [4.69, 9.17) is 4.55 Å². The van der Waals surface area contributed by atoms with Crippen LogP contribution in [0.15, 0.2) is 42.9 Å². The smallest absolute Gasteiger partial charge is 0.253 e. The highest BCUT2D eigenvalue weighted by molar-refractivity contribution is 7.77. The summed E-state index contributed by atoms with van der Waals surface area (Å²) in [6.07, 6.45) is 5.68. The highest BCUT2D eigenvalue weighted by atomic mass is 32.2. The number of anilines is 1. The lowest BCUT2D eigenvalue weighted by Crippen LogP contribution is -2.36. The van der Waals surface area contributed by atoms with Crippen LogP contribution in [0.2, 0.25) is 0 Å². The van der Waals surface area contributed by atoms with E-state index in [2.05, 4.69) is 24.6 Å². The fraction of sp³-hybridized carbons (Fsp3) is 0.381. The SMILES string of the molecule is O=C(c1ccc(CNS(=O)O)cc1)N1CCN(c2ncnc3[nH]ccc23)CC2(CC2)C1. The molecule has 3 aromatic rings. The number of benzene rings is 1. The molecule has 3 heterocycles. The van der Waals surface area contributed by atoms with Gasteiger partial charge in [0.25, 0.3) is 5.91 Å². The van der Waals surface area contributed by atoms with Gasteiger partial charge in [0.15, 0.2) is 0 Å². The van der Waals surface area contributed by atoms with E-state index in [1.54, 1.807) is 18.5 Å². The van der Waals surface area contributed by atoms with Gasteiger partial charge in [0.05, 0.1) is 5.39 Å². The van der Waals surface area contributed by atoms with Crippen LogP contribution in [0.25, 0.3) is 11.0 Å². The number of amides is 1. The Bertz CT molecular complexity index is 1130. The van der Waals surface area contributed by atoms with Gasteiger partial charge in [-0.05, 0) is 36.6 Å². The molecular weight excluding hydrogens is 416 g/mol. The molecule has 1 atom stereocenters. The average Bonchev–Trinajstić information content (AvgIpc) is 3.42. The van der Waals surface area contributed by atoms with Gasteiger partial charge in [-0.15, -0.1) is 0 Å². The highest BCUT2D eigenvalue weighted by Crippen LogP contribution is 2.48. The van der Waals surface area contributed by atoms with Gasteiger partial charge in [0.1, 0.15) is 17.8 Å². The number of nitrogens with zero attached hydrogens (tertiary/aromatic N) is 4. The number of H-pyrrole nitrogens is 1. The normalized spacial score (nSPS) is 18.9. The molecule has 1 saturated carbocycles. The molecule has 10 heteroatoms. The number of carbonyl (C=O) groups excluding carboxylic acids is 1. The molecule has 0 bridgehead atoms. The predicted molar refractivity (Wildman–Crippen MR) is 118 cm³/mol. The molecule has 9 nitrogen and oxygen atoms in total. The number of aromatic amines is 1. The van der Waals surface area contributed by atoms with Crippen LogP contribution in [-0.4, -0.2) is 60.7 Å². The minimum atomic E-state index is -2.05. The van der Waals surface area contributed by atoms with Crippen LogP contribution in [-0.2, 0) is 17.8 Å². The summed E-state index contributed by atoms with van der Waals surface area (Å²) in [4.78, 5) is 29.5. The fourth-order valence-corrected chi connectivity index (χ4v) is 4.60. The summed E-state index contributed by atoms with van der Waals surface area (Å²) in [6, 6.07) is 9.20. The molecule has 5 rings (SSSR count). The molecule has 1 unspecified atom stereocenters. The topological polar surface area (TPSA) is 114 Å². The number of fused-ring (bicyclic) bond motifs is 1. The summed E-state index contributed by atoms with van der Waals surface area (Å²) in [7, 11) is 0. The van der Waals surface area contributed by atoms with Crippen molar-refractivity contribution in [3.05, 3.63) is 54.0 Å². The second kappa shape index (κ2) is 8.03. The lowest BCUT2D eigenvalue weighted by Gasteiger charge is -2.25. The fourth-order valence-electron chi connectivity index (χ4n) is 4.31. The zero-order valence-electron chi connectivity index (χ0n) is 17.0. The molecule has 1 aromatic carbocycles. The van der Waals surface area contributed by atoms with Crippen molar-refractivity contribution in [3.8, 4) is 0 Å². The monoisotopic (exact) mass is 440 g/mol. The van der Waals surface area contributed by atoms with Gasteiger partial charge in [0.2, 0.25) is 11.3 Å². The Morgan fingerprint density at radius 1 is 1.16 bits per heavy atom. The average molecular weight is 441 g/mol. The molecule has 3 N–H and O–H groups in total. The van der Waals surface area contributed by atoms with Crippen molar-refractivity contribution < 1.29 is 13.6 Å².